The number of nitrogens with one attached hydrogen (secondary N) is 1. The molecule has 1 aliphatic carbocycles. The Labute approximate surface area is 109 Å². The van der Waals surface area contributed by atoms with Crippen molar-refractivity contribution >= 4 is 5.91 Å². The molecule has 0 radical (unpaired) electrons. The minimum atomic E-state index is -0.128. The molecule has 3 N–H and O–H groups in total. The Kier molecular flexibility index (Phi) is 3.71. The lowest BCUT2D eigenvalue weighted by Crippen LogP contribution is -2.41. The molecule has 1 aromatic rings. The van der Waals surface area contributed by atoms with Gasteiger partial charge in [-0.15, -0.1) is 0 Å². The summed E-state index contributed by atoms with van der Waals surface area (Å²) >= 11 is 0. The highest BCUT2D eigenvalue weighted by Gasteiger charge is 2.44. The topological polar surface area (TPSA) is 55.1 Å². The van der Waals surface area contributed by atoms with Crippen LogP contribution in [0.1, 0.15) is 32.3 Å². The van der Waals surface area contributed by atoms with Crippen LogP contribution in [0.4, 0.5) is 0 Å². The Morgan fingerprint density at radius 2 is 1.94 bits per heavy atom. The fourth-order valence-electron chi connectivity index (χ4n) is 2.17. The zero-order valence-electron chi connectivity index (χ0n) is 11.1. The minimum absolute atomic E-state index is 0.0622. The first kappa shape index (κ1) is 13.1. The van der Waals surface area contributed by atoms with Crippen LogP contribution in [0.3, 0.4) is 0 Å². The molecule has 1 fully saturated rings. The summed E-state index contributed by atoms with van der Waals surface area (Å²) in [5, 5.41) is 3.05. The van der Waals surface area contributed by atoms with Crippen molar-refractivity contribution in [3.8, 4) is 0 Å². The highest BCUT2D eigenvalue weighted by Crippen LogP contribution is 2.47. The van der Waals surface area contributed by atoms with Crippen molar-refractivity contribution in [2.24, 2.45) is 11.7 Å². The van der Waals surface area contributed by atoms with Crippen LogP contribution in [0.15, 0.2) is 30.3 Å². The van der Waals surface area contributed by atoms with Crippen LogP contribution >= 0.6 is 0 Å². The number of amides is 1. The first-order valence-electron chi connectivity index (χ1n) is 6.64. The van der Waals surface area contributed by atoms with Crippen LogP contribution in [0, 0.1) is 5.92 Å². The highest BCUT2D eigenvalue weighted by molar-refractivity contribution is 5.79. The van der Waals surface area contributed by atoms with Gasteiger partial charge in [-0.1, -0.05) is 37.3 Å². The summed E-state index contributed by atoms with van der Waals surface area (Å²) in [4.78, 5) is 11.9. The molecule has 0 aromatic heterocycles. The van der Waals surface area contributed by atoms with E-state index in [1.165, 1.54) is 5.56 Å². The van der Waals surface area contributed by atoms with E-state index >= 15 is 0 Å². The predicted octanol–water partition coefficient (Wildman–Crippen LogP) is 1.82. The number of hydrogen-bond acceptors (Lipinski definition) is 2. The summed E-state index contributed by atoms with van der Waals surface area (Å²) in [5.41, 5.74) is 7.25. The van der Waals surface area contributed by atoms with Gasteiger partial charge in [0.15, 0.2) is 0 Å². The van der Waals surface area contributed by atoms with Crippen LogP contribution in [-0.2, 0) is 10.2 Å². The molecule has 0 heterocycles. The summed E-state index contributed by atoms with van der Waals surface area (Å²) in [7, 11) is 0. The van der Waals surface area contributed by atoms with Crippen LogP contribution in [0.25, 0.3) is 0 Å². The third-order valence-electron chi connectivity index (χ3n) is 4.04. The van der Waals surface area contributed by atoms with Crippen LogP contribution in [-0.4, -0.2) is 18.5 Å². The predicted molar refractivity (Wildman–Crippen MR) is 73.2 cm³/mol. The second kappa shape index (κ2) is 5.11. The van der Waals surface area contributed by atoms with Crippen molar-refractivity contribution in [3.63, 3.8) is 0 Å². The Bertz CT molecular complexity index is 410. The number of benzene rings is 1. The van der Waals surface area contributed by atoms with E-state index in [1.54, 1.807) is 0 Å². The molecule has 0 saturated heterocycles. The van der Waals surface area contributed by atoms with E-state index in [0.717, 1.165) is 19.4 Å². The molecule has 98 valence electrons. The molecule has 1 saturated carbocycles. The summed E-state index contributed by atoms with van der Waals surface area (Å²) in [6.45, 7) is 4.48. The largest absolute Gasteiger partial charge is 0.355 e. The number of carbonyl (C=O) groups excluding carboxylic acids is 1. The van der Waals surface area contributed by atoms with Crippen molar-refractivity contribution in [2.45, 2.75) is 38.1 Å². The molecule has 0 bridgehead atoms. The van der Waals surface area contributed by atoms with Gasteiger partial charge in [-0.05, 0) is 25.3 Å². The van der Waals surface area contributed by atoms with Crippen LogP contribution in [0.5, 0.6) is 0 Å². The van der Waals surface area contributed by atoms with Crippen LogP contribution in [0.2, 0.25) is 0 Å². The zero-order chi connectivity index (χ0) is 13.2. The molecule has 3 nitrogen and oxygen atoms in total. The Morgan fingerprint density at radius 3 is 2.44 bits per heavy atom. The van der Waals surface area contributed by atoms with Gasteiger partial charge in [0.2, 0.25) is 5.91 Å². The summed E-state index contributed by atoms with van der Waals surface area (Å²) in [6, 6.07) is 10.3. The maximum atomic E-state index is 11.9. The molecular formula is C15H22N2O. The lowest BCUT2D eigenvalue weighted by atomic mass is 9.95. The number of carbonyl (C=O) groups is 1. The second-order valence-electron chi connectivity index (χ2n) is 5.51. The smallest absolute Gasteiger partial charge is 0.224 e. The highest BCUT2D eigenvalue weighted by atomic mass is 16.1. The molecule has 3 heteroatoms. The van der Waals surface area contributed by atoms with E-state index in [-0.39, 0.29) is 23.3 Å². The third-order valence-corrected chi connectivity index (χ3v) is 4.04. The molecule has 1 aliphatic rings. The Balaban J connectivity index is 1.93. The molecular weight excluding hydrogens is 224 g/mol. The van der Waals surface area contributed by atoms with E-state index in [0.29, 0.717) is 0 Å². The molecule has 0 spiro atoms. The summed E-state index contributed by atoms with van der Waals surface area (Å²) < 4.78 is 0. The average molecular weight is 246 g/mol. The third kappa shape index (κ3) is 2.72. The van der Waals surface area contributed by atoms with E-state index in [4.69, 9.17) is 5.73 Å². The Morgan fingerprint density at radius 1 is 1.33 bits per heavy atom. The molecule has 2 rings (SSSR count). The van der Waals surface area contributed by atoms with Gasteiger partial charge in [-0.3, -0.25) is 4.79 Å². The SMILES string of the molecule is CC(N)C(C)C(=O)NCC1(c2ccccc2)CC1. The molecule has 0 aliphatic heterocycles. The maximum absolute atomic E-state index is 11.9. The van der Waals surface area contributed by atoms with Crippen molar-refractivity contribution in [2.75, 3.05) is 6.54 Å². The number of rotatable bonds is 5. The van der Waals surface area contributed by atoms with Gasteiger partial charge < -0.3 is 11.1 Å². The van der Waals surface area contributed by atoms with E-state index in [9.17, 15) is 4.79 Å². The number of nitrogens with two attached hydrogens (primary N) is 1. The van der Waals surface area contributed by atoms with E-state index in [2.05, 4.69) is 29.6 Å². The normalized spacial score (nSPS) is 19.9. The first-order valence-corrected chi connectivity index (χ1v) is 6.64. The molecule has 2 atom stereocenters. The Hall–Kier alpha value is -1.35. The van der Waals surface area contributed by atoms with Gasteiger partial charge in [0.25, 0.3) is 0 Å². The van der Waals surface area contributed by atoms with Crippen molar-refractivity contribution in [3.05, 3.63) is 35.9 Å². The number of hydrogen-bond donors (Lipinski definition) is 2. The van der Waals surface area contributed by atoms with Gasteiger partial charge in [-0.25, -0.2) is 0 Å². The maximum Gasteiger partial charge on any atom is 0.224 e. The summed E-state index contributed by atoms with van der Waals surface area (Å²) in [6.07, 6.45) is 2.31. The zero-order valence-corrected chi connectivity index (χ0v) is 11.1. The van der Waals surface area contributed by atoms with Crippen LogP contribution < -0.4 is 11.1 Å². The van der Waals surface area contributed by atoms with Crippen molar-refractivity contribution in [1.29, 1.82) is 0 Å². The van der Waals surface area contributed by atoms with E-state index < -0.39 is 0 Å². The lowest BCUT2D eigenvalue weighted by Gasteiger charge is -2.20. The van der Waals surface area contributed by atoms with Gasteiger partial charge in [0.1, 0.15) is 0 Å². The lowest BCUT2D eigenvalue weighted by molar-refractivity contribution is -0.125. The molecule has 2 unspecified atom stereocenters. The molecule has 1 aromatic carbocycles. The van der Waals surface area contributed by atoms with Gasteiger partial charge >= 0.3 is 0 Å². The molecule has 18 heavy (non-hydrogen) atoms. The van der Waals surface area contributed by atoms with Crippen molar-refractivity contribution in [1.82, 2.24) is 5.32 Å². The monoisotopic (exact) mass is 246 g/mol. The van der Waals surface area contributed by atoms with Crippen molar-refractivity contribution < 1.29 is 4.79 Å². The fourth-order valence-corrected chi connectivity index (χ4v) is 2.17. The van der Waals surface area contributed by atoms with Gasteiger partial charge in [-0.2, -0.15) is 0 Å². The van der Waals surface area contributed by atoms with Gasteiger partial charge in [0.05, 0.1) is 0 Å². The standard InChI is InChI=1S/C15H22N2O/c1-11(12(2)16)14(18)17-10-15(8-9-15)13-6-4-3-5-7-13/h3-7,11-12H,8-10,16H2,1-2H3,(H,17,18). The quantitative estimate of drug-likeness (QED) is 0.832. The second-order valence-corrected chi connectivity index (χ2v) is 5.51. The summed E-state index contributed by atoms with van der Waals surface area (Å²) in [5.74, 6) is -0.0659. The van der Waals surface area contributed by atoms with E-state index in [1.807, 2.05) is 19.9 Å². The first-order chi connectivity index (χ1) is 8.55. The fraction of sp³-hybridized carbons (Fsp3) is 0.533. The molecule has 1 amide bonds. The average Bonchev–Trinajstić information content (AvgIpc) is 3.17. The minimum Gasteiger partial charge on any atom is -0.355 e. The van der Waals surface area contributed by atoms with Gasteiger partial charge in [0, 0.05) is 23.9 Å².